The fourth-order valence-corrected chi connectivity index (χ4v) is 4.71. The van der Waals surface area contributed by atoms with Gasteiger partial charge in [-0.1, -0.05) is 18.6 Å². The number of methoxy groups -OCH3 is 2. The number of thiocarbonyl (C=S) groups is 1. The van der Waals surface area contributed by atoms with Crippen LogP contribution in [0.1, 0.15) is 40.1 Å². The van der Waals surface area contributed by atoms with Crippen LogP contribution in [0.3, 0.4) is 0 Å². The van der Waals surface area contributed by atoms with Crippen molar-refractivity contribution in [2.45, 2.75) is 32.1 Å². The lowest BCUT2D eigenvalue weighted by Gasteiger charge is -2.13. The third-order valence-electron chi connectivity index (χ3n) is 4.39. The molecule has 0 saturated carbocycles. The van der Waals surface area contributed by atoms with E-state index in [0.29, 0.717) is 16.4 Å². The highest BCUT2D eigenvalue weighted by Crippen LogP contribution is 2.38. The first kappa shape index (κ1) is 18.7. The van der Waals surface area contributed by atoms with E-state index in [2.05, 4.69) is 10.6 Å². The molecule has 138 valence electrons. The Balaban J connectivity index is 1.84. The molecule has 2 aromatic rings. The van der Waals surface area contributed by atoms with Gasteiger partial charge in [0.1, 0.15) is 10.8 Å². The number of carbonyl (C=O) groups excluding carboxylic acids is 1. The zero-order chi connectivity index (χ0) is 18.5. The average Bonchev–Trinajstić information content (AvgIpc) is 2.82. The second kappa shape index (κ2) is 8.51. The molecule has 0 saturated heterocycles. The summed E-state index contributed by atoms with van der Waals surface area (Å²) >= 11 is 7.05. The van der Waals surface area contributed by atoms with E-state index in [0.717, 1.165) is 41.9 Å². The van der Waals surface area contributed by atoms with Crippen LogP contribution in [0.25, 0.3) is 0 Å². The maximum atomic E-state index is 12.4. The fraction of sp³-hybridized carbons (Fsp3) is 0.368. The van der Waals surface area contributed by atoms with Crippen LogP contribution >= 0.6 is 23.6 Å². The molecule has 0 radical (unpaired) electrons. The first-order valence-electron chi connectivity index (χ1n) is 8.58. The minimum atomic E-state index is -0.313. The van der Waals surface area contributed by atoms with Gasteiger partial charge in [-0.25, -0.2) is 4.79 Å². The summed E-state index contributed by atoms with van der Waals surface area (Å²) in [7, 11) is 3.03. The van der Waals surface area contributed by atoms with E-state index in [-0.39, 0.29) is 5.97 Å². The topological polar surface area (TPSA) is 59.6 Å². The first-order valence-corrected chi connectivity index (χ1v) is 9.80. The molecule has 1 aromatic heterocycles. The molecular weight excluding hydrogens is 368 g/mol. The monoisotopic (exact) mass is 390 g/mol. The highest BCUT2D eigenvalue weighted by molar-refractivity contribution is 7.80. The lowest BCUT2D eigenvalue weighted by molar-refractivity contribution is 0.0601. The van der Waals surface area contributed by atoms with Gasteiger partial charge in [-0.15, -0.1) is 11.3 Å². The summed E-state index contributed by atoms with van der Waals surface area (Å²) in [4.78, 5) is 13.6. The Morgan fingerprint density at radius 3 is 2.65 bits per heavy atom. The summed E-state index contributed by atoms with van der Waals surface area (Å²) in [6.07, 6.45) is 5.34. The number of hydrogen-bond donors (Lipinski definition) is 2. The van der Waals surface area contributed by atoms with Crippen LogP contribution in [0.5, 0.6) is 5.75 Å². The minimum Gasteiger partial charge on any atom is -0.495 e. The van der Waals surface area contributed by atoms with Crippen LogP contribution in [0.2, 0.25) is 0 Å². The van der Waals surface area contributed by atoms with Crippen molar-refractivity contribution in [3.8, 4) is 5.75 Å². The third-order valence-corrected chi connectivity index (χ3v) is 5.80. The molecule has 5 nitrogen and oxygen atoms in total. The number of hydrogen-bond acceptors (Lipinski definition) is 5. The molecule has 2 N–H and O–H groups in total. The zero-order valence-electron chi connectivity index (χ0n) is 14.9. The second-order valence-corrected chi connectivity index (χ2v) is 7.55. The molecule has 1 heterocycles. The number of esters is 1. The predicted molar refractivity (Wildman–Crippen MR) is 110 cm³/mol. The lowest BCUT2D eigenvalue weighted by Crippen LogP contribution is -2.20. The summed E-state index contributed by atoms with van der Waals surface area (Å²) in [6, 6.07) is 7.54. The lowest BCUT2D eigenvalue weighted by atomic mass is 10.1. The molecule has 0 fully saturated rings. The van der Waals surface area contributed by atoms with Crippen molar-refractivity contribution < 1.29 is 14.3 Å². The van der Waals surface area contributed by atoms with Crippen molar-refractivity contribution in [2.24, 2.45) is 0 Å². The number of anilines is 2. The van der Waals surface area contributed by atoms with Gasteiger partial charge in [0.25, 0.3) is 0 Å². The number of fused-ring (bicyclic) bond motifs is 1. The third kappa shape index (κ3) is 3.99. The summed E-state index contributed by atoms with van der Waals surface area (Å²) in [5.41, 5.74) is 2.51. The number of para-hydroxylation sites is 2. The van der Waals surface area contributed by atoms with Crippen LogP contribution < -0.4 is 15.4 Å². The molecule has 0 unspecified atom stereocenters. The van der Waals surface area contributed by atoms with E-state index < -0.39 is 0 Å². The van der Waals surface area contributed by atoms with E-state index in [1.165, 1.54) is 18.4 Å². The van der Waals surface area contributed by atoms with E-state index in [4.69, 9.17) is 21.7 Å². The average molecular weight is 391 g/mol. The standard InChI is InChI=1S/C19H22N2O3S2/c1-23-14-10-7-6-9-13(14)20-19(25)21-17-16(18(22)24-2)12-8-4-3-5-11-15(12)26-17/h6-7,9-10H,3-5,8,11H2,1-2H3,(H2,20,21,25). The van der Waals surface area contributed by atoms with Gasteiger partial charge in [-0.2, -0.15) is 0 Å². The Morgan fingerprint density at radius 1 is 1.12 bits per heavy atom. The molecule has 0 atom stereocenters. The van der Waals surface area contributed by atoms with Gasteiger partial charge in [0.2, 0.25) is 0 Å². The SMILES string of the molecule is COC(=O)c1c(NC(=S)Nc2ccccc2OC)sc2c1CCCCC2. The second-order valence-electron chi connectivity index (χ2n) is 6.04. The molecule has 7 heteroatoms. The maximum absolute atomic E-state index is 12.4. The summed E-state index contributed by atoms with van der Waals surface area (Å²) in [5.74, 6) is 0.388. The van der Waals surface area contributed by atoms with E-state index in [1.807, 2.05) is 24.3 Å². The van der Waals surface area contributed by atoms with Crippen molar-refractivity contribution in [3.05, 3.63) is 40.3 Å². The number of benzene rings is 1. The van der Waals surface area contributed by atoms with Crippen molar-refractivity contribution in [3.63, 3.8) is 0 Å². The molecule has 26 heavy (non-hydrogen) atoms. The Kier molecular flexibility index (Phi) is 6.11. The molecule has 0 bridgehead atoms. The van der Waals surface area contributed by atoms with Gasteiger partial charge in [-0.05, 0) is 55.6 Å². The summed E-state index contributed by atoms with van der Waals surface area (Å²) in [6.45, 7) is 0. The Labute approximate surface area is 162 Å². The zero-order valence-corrected chi connectivity index (χ0v) is 16.5. The van der Waals surface area contributed by atoms with Crippen LogP contribution in [0.15, 0.2) is 24.3 Å². The van der Waals surface area contributed by atoms with Crippen LogP contribution in [0.4, 0.5) is 10.7 Å². The molecule has 1 aliphatic rings. The van der Waals surface area contributed by atoms with Crippen molar-refractivity contribution in [2.75, 3.05) is 24.9 Å². The van der Waals surface area contributed by atoms with E-state index in [1.54, 1.807) is 18.4 Å². The fourth-order valence-electron chi connectivity index (χ4n) is 3.15. The Bertz CT molecular complexity index is 817. The number of thiophene rings is 1. The van der Waals surface area contributed by atoms with Crippen molar-refractivity contribution in [1.29, 1.82) is 0 Å². The highest BCUT2D eigenvalue weighted by atomic mass is 32.1. The quantitative estimate of drug-likeness (QED) is 0.451. The van der Waals surface area contributed by atoms with Crippen molar-refractivity contribution in [1.82, 2.24) is 0 Å². The predicted octanol–water partition coefficient (Wildman–Crippen LogP) is 4.62. The summed E-state index contributed by atoms with van der Waals surface area (Å²) in [5, 5.41) is 7.48. The van der Waals surface area contributed by atoms with Gasteiger partial charge >= 0.3 is 5.97 Å². The van der Waals surface area contributed by atoms with Crippen LogP contribution in [-0.2, 0) is 17.6 Å². The number of aryl methyl sites for hydroxylation is 1. The molecule has 0 spiro atoms. The molecular formula is C19H22N2O3S2. The number of rotatable bonds is 4. The molecule has 3 rings (SSSR count). The summed E-state index contributed by atoms with van der Waals surface area (Å²) < 4.78 is 10.4. The first-order chi connectivity index (χ1) is 12.6. The number of carbonyl (C=O) groups is 1. The van der Waals surface area contributed by atoms with Gasteiger partial charge in [0.05, 0.1) is 25.5 Å². The maximum Gasteiger partial charge on any atom is 0.341 e. The van der Waals surface area contributed by atoms with Crippen LogP contribution in [0, 0.1) is 0 Å². The largest absolute Gasteiger partial charge is 0.495 e. The van der Waals surface area contributed by atoms with Gasteiger partial charge < -0.3 is 20.1 Å². The van der Waals surface area contributed by atoms with Gasteiger partial charge in [0.15, 0.2) is 5.11 Å². The van der Waals surface area contributed by atoms with Gasteiger partial charge in [-0.3, -0.25) is 0 Å². The Hall–Kier alpha value is -2.12. The van der Waals surface area contributed by atoms with E-state index >= 15 is 0 Å². The molecule has 0 aliphatic heterocycles. The Morgan fingerprint density at radius 2 is 1.88 bits per heavy atom. The van der Waals surface area contributed by atoms with Crippen molar-refractivity contribution >= 4 is 45.3 Å². The van der Waals surface area contributed by atoms with E-state index in [9.17, 15) is 4.79 Å². The number of ether oxygens (including phenoxy) is 2. The smallest absolute Gasteiger partial charge is 0.341 e. The highest BCUT2D eigenvalue weighted by Gasteiger charge is 2.25. The normalized spacial score (nSPS) is 13.3. The minimum absolute atomic E-state index is 0.313. The molecule has 1 aliphatic carbocycles. The van der Waals surface area contributed by atoms with Gasteiger partial charge in [0, 0.05) is 4.88 Å². The molecule has 0 amide bonds. The van der Waals surface area contributed by atoms with Crippen LogP contribution in [-0.4, -0.2) is 25.3 Å². The molecule has 1 aromatic carbocycles. The number of nitrogens with one attached hydrogen (secondary N) is 2.